The summed E-state index contributed by atoms with van der Waals surface area (Å²) in [6.45, 7) is -0.0191. The highest BCUT2D eigenvalue weighted by molar-refractivity contribution is 5.94. The number of aromatic nitrogens is 3. The van der Waals surface area contributed by atoms with Crippen molar-refractivity contribution < 1.29 is 28.0 Å². The van der Waals surface area contributed by atoms with Crippen LogP contribution in [0.15, 0.2) is 72.9 Å². The Kier molecular flexibility index (Phi) is 7.30. The van der Waals surface area contributed by atoms with Gasteiger partial charge in [-0.1, -0.05) is 47.7 Å². The Hall–Kier alpha value is -4.25. The fraction of sp³-hybridized carbons (Fsp3) is 0.200. The Balaban J connectivity index is 1.44. The van der Waals surface area contributed by atoms with E-state index in [4.69, 9.17) is 5.21 Å². The quantitative estimate of drug-likeness (QED) is 0.251. The number of benzene rings is 3. The molecule has 8 nitrogen and oxygen atoms in total. The Morgan fingerprint density at radius 1 is 1.00 bits per heavy atom. The van der Waals surface area contributed by atoms with Crippen LogP contribution in [0.1, 0.15) is 39.6 Å². The molecule has 4 rings (SSSR count). The van der Waals surface area contributed by atoms with Crippen LogP contribution in [-0.2, 0) is 23.9 Å². The molecular formula is C25H22F3N5O3. The van der Waals surface area contributed by atoms with Crippen LogP contribution in [0.3, 0.4) is 0 Å². The lowest BCUT2D eigenvalue weighted by atomic mass is 10.00. The maximum absolute atomic E-state index is 12.7. The van der Waals surface area contributed by atoms with E-state index in [-0.39, 0.29) is 18.5 Å². The number of halogens is 3. The molecule has 0 aliphatic carbocycles. The molecule has 2 amide bonds. The molecule has 0 spiro atoms. The maximum Gasteiger partial charge on any atom is 0.416 e. The van der Waals surface area contributed by atoms with Crippen molar-refractivity contribution in [3.63, 3.8) is 0 Å². The van der Waals surface area contributed by atoms with Crippen molar-refractivity contribution in [3.8, 4) is 0 Å². The van der Waals surface area contributed by atoms with Gasteiger partial charge in [0.25, 0.3) is 5.91 Å². The second-order valence-corrected chi connectivity index (χ2v) is 8.23. The number of rotatable bonds is 8. The van der Waals surface area contributed by atoms with E-state index in [9.17, 15) is 22.8 Å². The number of fused-ring (bicyclic) bond motifs is 1. The van der Waals surface area contributed by atoms with Gasteiger partial charge in [0, 0.05) is 5.56 Å². The zero-order valence-electron chi connectivity index (χ0n) is 18.9. The van der Waals surface area contributed by atoms with Crippen LogP contribution >= 0.6 is 0 Å². The third-order valence-corrected chi connectivity index (χ3v) is 5.67. The first kappa shape index (κ1) is 24.9. The number of nitrogens with one attached hydrogen (secondary N) is 2. The van der Waals surface area contributed by atoms with E-state index in [1.807, 2.05) is 42.5 Å². The lowest BCUT2D eigenvalue weighted by Crippen LogP contribution is -2.25. The highest BCUT2D eigenvalue weighted by atomic mass is 19.4. The smallest absolute Gasteiger partial charge is 0.346 e. The van der Waals surface area contributed by atoms with Gasteiger partial charge in [0.2, 0.25) is 5.91 Å². The van der Waals surface area contributed by atoms with Gasteiger partial charge in [-0.3, -0.25) is 14.8 Å². The van der Waals surface area contributed by atoms with E-state index < -0.39 is 29.6 Å². The molecule has 0 fully saturated rings. The van der Waals surface area contributed by atoms with Crippen LogP contribution < -0.4 is 10.8 Å². The zero-order chi connectivity index (χ0) is 25.7. The molecule has 1 heterocycles. The maximum atomic E-state index is 12.7. The first-order chi connectivity index (χ1) is 17.2. The van der Waals surface area contributed by atoms with Gasteiger partial charge in [0.15, 0.2) is 0 Å². The van der Waals surface area contributed by atoms with Gasteiger partial charge < -0.3 is 5.32 Å². The first-order valence-corrected chi connectivity index (χ1v) is 11.0. The van der Waals surface area contributed by atoms with E-state index >= 15 is 0 Å². The Morgan fingerprint density at radius 2 is 1.72 bits per heavy atom. The van der Waals surface area contributed by atoms with Gasteiger partial charge >= 0.3 is 6.18 Å². The Labute approximate surface area is 203 Å². The normalized spacial score (nSPS) is 12.3. The average molecular weight is 497 g/mol. The fourth-order valence-electron chi connectivity index (χ4n) is 3.81. The summed E-state index contributed by atoms with van der Waals surface area (Å²) in [7, 11) is 0. The molecule has 186 valence electrons. The summed E-state index contributed by atoms with van der Waals surface area (Å²) in [6, 6.07) is 17.2. The third-order valence-electron chi connectivity index (χ3n) is 5.67. The summed E-state index contributed by atoms with van der Waals surface area (Å²) in [5.41, 5.74) is 2.21. The molecular weight excluding hydrogens is 475 g/mol. The van der Waals surface area contributed by atoms with E-state index in [0.29, 0.717) is 12.1 Å². The minimum absolute atomic E-state index is 0.0191. The summed E-state index contributed by atoms with van der Waals surface area (Å²) in [5.74, 6) is -1.15. The molecule has 0 bridgehead atoms. The predicted molar refractivity (Wildman–Crippen MR) is 124 cm³/mol. The fourth-order valence-corrected chi connectivity index (χ4v) is 3.81. The topological polar surface area (TPSA) is 109 Å². The Morgan fingerprint density at radius 3 is 2.42 bits per heavy atom. The predicted octanol–water partition coefficient (Wildman–Crippen LogP) is 4.06. The lowest BCUT2D eigenvalue weighted by Gasteiger charge is -2.16. The number of carbonyl (C=O) groups is 2. The zero-order valence-corrected chi connectivity index (χ0v) is 18.9. The van der Waals surface area contributed by atoms with E-state index in [1.54, 1.807) is 11.7 Å². The van der Waals surface area contributed by atoms with Gasteiger partial charge in [0.1, 0.15) is 5.69 Å². The SMILES string of the molecule is O=C(C[C@@H](Cc1ccc2ccccc2c1)n1cc(CNC(=O)c2ccc(C(F)(F)F)cc2)nn1)NO. The molecule has 0 saturated heterocycles. The summed E-state index contributed by atoms with van der Waals surface area (Å²) in [4.78, 5) is 24.2. The molecule has 1 atom stereocenters. The molecule has 0 saturated carbocycles. The molecule has 1 aromatic heterocycles. The number of hydrogen-bond acceptors (Lipinski definition) is 5. The standard InChI is InChI=1S/C25H22F3N5O3/c26-25(27,28)20-9-7-18(8-10-20)24(35)29-14-21-15-33(32-30-21)22(13-23(34)31-36)12-16-5-6-17-3-1-2-4-19(17)11-16/h1-11,15,22,36H,12-14H2,(H,29,35)(H,31,34)/t22-/m1/s1. The molecule has 3 aromatic carbocycles. The second-order valence-electron chi connectivity index (χ2n) is 8.23. The van der Waals surface area contributed by atoms with Crippen LogP contribution in [0.5, 0.6) is 0 Å². The number of carbonyl (C=O) groups excluding carboxylic acids is 2. The molecule has 11 heteroatoms. The second kappa shape index (κ2) is 10.6. The van der Waals surface area contributed by atoms with E-state index in [2.05, 4.69) is 15.6 Å². The van der Waals surface area contributed by atoms with Crippen LogP contribution in [0.4, 0.5) is 13.2 Å². The number of nitrogens with zero attached hydrogens (tertiary/aromatic N) is 3. The molecule has 3 N–H and O–H groups in total. The summed E-state index contributed by atoms with van der Waals surface area (Å²) in [5, 5.41) is 21.8. The van der Waals surface area contributed by atoms with Gasteiger partial charge in [-0.05, 0) is 47.0 Å². The summed E-state index contributed by atoms with van der Waals surface area (Å²) >= 11 is 0. The number of alkyl halides is 3. The molecule has 0 aliphatic heterocycles. The van der Waals surface area contributed by atoms with Crippen molar-refractivity contribution in [2.24, 2.45) is 0 Å². The van der Waals surface area contributed by atoms with Crippen molar-refractivity contribution in [1.29, 1.82) is 0 Å². The summed E-state index contributed by atoms with van der Waals surface area (Å²) < 4.78 is 39.6. The number of hydroxylamine groups is 1. The van der Waals surface area contributed by atoms with E-state index in [1.165, 1.54) is 4.68 Å². The van der Waals surface area contributed by atoms with Crippen molar-refractivity contribution in [2.75, 3.05) is 0 Å². The molecule has 0 radical (unpaired) electrons. The van der Waals surface area contributed by atoms with Gasteiger partial charge in [-0.25, -0.2) is 10.2 Å². The molecule has 4 aromatic rings. The minimum Gasteiger partial charge on any atom is -0.346 e. The monoisotopic (exact) mass is 497 g/mol. The molecule has 36 heavy (non-hydrogen) atoms. The summed E-state index contributed by atoms with van der Waals surface area (Å²) in [6.07, 6.45) is -2.55. The van der Waals surface area contributed by atoms with Crippen LogP contribution in [0, 0.1) is 0 Å². The first-order valence-electron chi connectivity index (χ1n) is 11.0. The number of amides is 2. The van der Waals surface area contributed by atoms with Crippen LogP contribution in [-0.4, -0.2) is 32.0 Å². The molecule has 0 aliphatic rings. The minimum atomic E-state index is -4.48. The van der Waals surface area contributed by atoms with Crippen LogP contribution in [0.2, 0.25) is 0 Å². The van der Waals surface area contributed by atoms with Crippen molar-refractivity contribution >= 4 is 22.6 Å². The lowest BCUT2D eigenvalue weighted by molar-refractivity contribution is -0.137. The molecule has 0 unspecified atom stereocenters. The van der Waals surface area contributed by atoms with Gasteiger partial charge in [0.05, 0.1) is 30.8 Å². The van der Waals surface area contributed by atoms with Crippen molar-refractivity contribution in [2.45, 2.75) is 31.6 Å². The van der Waals surface area contributed by atoms with Crippen LogP contribution in [0.25, 0.3) is 10.8 Å². The third kappa shape index (κ3) is 6.05. The number of hydrogen-bond donors (Lipinski definition) is 3. The van der Waals surface area contributed by atoms with Gasteiger partial charge in [-0.2, -0.15) is 13.2 Å². The highest BCUT2D eigenvalue weighted by Gasteiger charge is 2.30. The van der Waals surface area contributed by atoms with E-state index in [0.717, 1.165) is 40.6 Å². The van der Waals surface area contributed by atoms with Gasteiger partial charge in [-0.15, -0.1) is 5.10 Å². The van der Waals surface area contributed by atoms with Crippen molar-refractivity contribution in [1.82, 2.24) is 25.8 Å². The Bertz CT molecular complexity index is 1370. The van der Waals surface area contributed by atoms with Crippen molar-refractivity contribution in [3.05, 3.63) is 95.3 Å². The average Bonchev–Trinajstić information content (AvgIpc) is 3.35. The largest absolute Gasteiger partial charge is 0.416 e. The highest BCUT2D eigenvalue weighted by Crippen LogP contribution is 2.29.